The van der Waals surface area contributed by atoms with E-state index in [1.165, 1.54) is 22.4 Å². The van der Waals surface area contributed by atoms with Crippen LogP contribution in [0, 0.1) is 0 Å². The molecular weight excluding hydrogens is 342 g/mol. The van der Waals surface area contributed by atoms with Gasteiger partial charge in [0.25, 0.3) is 0 Å². The van der Waals surface area contributed by atoms with Gasteiger partial charge >= 0.3 is 0 Å². The molecule has 0 bridgehead atoms. The van der Waals surface area contributed by atoms with Gasteiger partial charge in [-0.15, -0.1) is 0 Å². The number of anilines is 2. The van der Waals surface area contributed by atoms with Crippen LogP contribution in [-0.2, 0) is 6.42 Å². The molecule has 0 saturated heterocycles. The maximum Gasteiger partial charge on any atom is 0.230 e. The largest absolute Gasteiger partial charge is 0.307 e. The standard InChI is InChI=1S/C25H21N3/c1-18-17-22-9-5-6-10-24(22)28(18)25-26-16-15-23(27-25)21-13-11-20(12-14-21)19-7-3-2-4-8-19/h2-16,18H,17H2,1H3. The molecule has 28 heavy (non-hydrogen) atoms. The molecular formula is C25H21N3. The molecule has 1 aromatic heterocycles. The summed E-state index contributed by atoms with van der Waals surface area (Å²) in [5, 5.41) is 0. The summed E-state index contributed by atoms with van der Waals surface area (Å²) in [4.78, 5) is 11.7. The van der Waals surface area contributed by atoms with Gasteiger partial charge in [-0.25, -0.2) is 9.97 Å². The van der Waals surface area contributed by atoms with E-state index in [4.69, 9.17) is 4.98 Å². The second-order valence-corrected chi connectivity index (χ2v) is 7.24. The summed E-state index contributed by atoms with van der Waals surface area (Å²) in [6.07, 6.45) is 2.88. The fourth-order valence-electron chi connectivity index (χ4n) is 3.96. The van der Waals surface area contributed by atoms with Crippen molar-refractivity contribution in [1.82, 2.24) is 9.97 Å². The lowest BCUT2D eigenvalue weighted by atomic mass is 10.0. The summed E-state index contributed by atoms with van der Waals surface area (Å²) in [5.41, 5.74) is 7.05. The Morgan fingerprint density at radius 1 is 0.750 bits per heavy atom. The summed E-state index contributed by atoms with van der Waals surface area (Å²) in [7, 11) is 0. The first-order valence-corrected chi connectivity index (χ1v) is 9.65. The van der Waals surface area contributed by atoms with Gasteiger partial charge in [0, 0.05) is 23.5 Å². The average Bonchev–Trinajstić information content (AvgIpc) is 3.10. The van der Waals surface area contributed by atoms with Crippen LogP contribution in [0.2, 0.25) is 0 Å². The number of hydrogen-bond acceptors (Lipinski definition) is 3. The van der Waals surface area contributed by atoms with E-state index in [1.807, 2.05) is 18.3 Å². The molecule has 5 rings (SSSR count). The predicted octanol–water partition coefficient (Wildman–Crippen LogP) is 5.89. The third kappa shape index (κ3) is 2.95. The van der Waals surface area contributed by atoms with E-state index >= 15 is 0 Å². The number of nitrogens with zero attached hydrogens (tertiary/aromatic N) is 3. The zero-order chi connectivity index (χ0) is 18.9. The molecule has 1 aliphatic rings. The minimum absolute atomic E-state index is 0.355. The summed E-state index contributed by atoms with van der Waals surface area (Å²) < 4.78 is 0. The van der Waals surface area contributed by atoms with Gasteiger partial charge in [0.1, 0.15) is 0 Å². The van der Waals surface area contributed by atoms with Crippen LogP contribution >= 0.6 is 0 Å². The van der Waals surface area contributed by atoms with Gasteiger partial charge in [-0.05, 0) is 42.2 Å². The van der Waals surface area contributed by atoms with Crippen molar-refractivity contribution < 1.29 is 0 Å². The van der Waals surface area contributed by atoms with Crippen molar-refractivity contribution in [3.8, 4) is 22.4 Å². The highest BCUT2D eigenvalue weighted by atomic mass is 15.3. The molecule has 0 N–H and O–H groups in total. The minimum atomic E-state index is 0.355. The second kappa shape index (κ2) is 6.93. The second-order valence-electron chi connectivity index (χ2n) is 7.24. The van der Waals surface area contributed by atoms with Crippen molar-refractivity contribution in [3.05, 3.63) is 96.7 Å². The Labute approximate surface area is 165 Å². The fourth-order valence-corrected chi connectivity index (χ4v) is 3.96. The van der Waals surface area contributed by atoms with Crippen molar-refractivity contribution in [3.63, 3.8) is 0 Å². The smallest absolute Gasteiger partial charge is 0.230 e. The number of fused-ring (bicyclic) bond motifs is 1. The lowest BCUT2D eigenvalue weighted by Gasteiger charge is -2.22. The van der Waals surface area contributed by atoms with Gasteiger partial charge in [0.05, 0.1) is 5.69 Å². The minimum Gasteiger partial charge on any atom is -0.307 e. The number of rotatable bonds is 3. The Balaban J connectivity index is 1.48. The number of aromatic nitrogens is 2. The Morgan fingerprint density at radius 3 is 2.25 bits per heavy atom. The Bertz CT molecular complexity index is 1100. The summed E-state index contributed by atoms with van der Waals surface area (Å²) >= 11 is 0. The highest BCUT2D eigenvalue weighted by Gasteiger charge is 2.28. The normalized spacial score (nSPS) is 15.5. The maximum absolute atomic E-state index is 4.89. The van der Waals surface area contributed by atoms with E-state index < -0.39 is 0 Å². The highest BCUT2D eigenvalue weighted by molar-refractivity contribution is 5.71. The van der Waals surface area contributed by atoms with E-state index in [-0.39, 0.29) is 0 Å². The predicted molar refractivity (Wildman–Crippen MR) is 115 cm³/mol. The van der Waals surface area contributed by atoms with Crippen LogP contribution in [-0.4, -0.2) is 16.0 Å². The van der Waals surface area contributed by atoms with Gasteiger partial charge in [-0.2, -0.15) is 0 Å². The van der Waals surface area contributed by atoms with Gasteiger partial charge in [0.2, 0.25) is 5.95 Å². The number of benzene rings is 3. The lowest BCUT2D eigenvalue weighted by molar-refractivity contribution is 0.740. The zero-order valence-corrected chi connectivity index (χ0v) is 15.8. The van der Waals surface area contributed by atoms with Crippen molar-refractivity contribution in [2.75, 3.05) is 4.90 Å². The first-order valence-electron chi connectivity index (χ1n) is 9.65. The molecule has 1 unspecified atom stereocenters. The van der Waals surface area contributed by atoms with Crippen molar-refractivity contribution in [1.29, 1.82) is 0 Å². The third-order valence-electron chi connectivity index (χ3n) is 5.35. The first-order chi connectivity index (χ1) is 13.8. The molecule has 0 radical (unpaired) electrons. The van der Waals surface area contributed by atoms with Crippen molar-refractivity contribution in [2.45, 2.75) is 19.4 Å². The lowest BCUT2D eigenvalue weighted by Crippen LogP contribution is -2.25. The molecule has 3 nitrogen and oxygen atoms in total. The van der Waals surface area contributed by atoms with Gasteiger partial charge < -0.3 is 4.90 Å². The molecule has 0 fully saturated rings. The monoisotopic (exact) mass is 363 g/mol. The van der Waals surface area contributed by atoms with Crippen molar-refractivity contribution in [2.24, 2.45) is 0 Å². The van der Waals surface area contributed by atoms with E-state index in [0.29, 0.717) is 6.04 Å². The molecule has 1 atom stereocenters. The third-order valence-corrected chi connectivity index (χ3v) is 5.35. The molecule has 3 aromatic carbocycles. The van der Waals surface area contributed by atoms with Crippen LogP contribution in [0.15, 0.2) is 91.1 Å². The summed E-state index contributed by atoms with van der Waals surface area (Å²) in [6, 6.07) is 29.9. The van der Waals surface area contributed by atoms with E-state index in [0.717, 1.165) is 23.6 Å². The topological polar surface area (TPSA) is 29.0 Å². The van der Waals surface area contributed by atoms with Gasteiger partial charge in [-0.3, -0.25) is 0 Å². The number of hydrogen-bond donors (Lipinski definition) is 0. The van der Waals surface area contributed by atoms with Crippen LogP contribution in [0.5, 0.6) is 0 Å². The molecule has 2 heterocycles. The summed E-state index contributed by atoms with van der Waals surface area (Å²) in [5.74, 6) is 0.766. The van der Waals surface area contributed by atoms with Gasteiger partial charge in [-0.1, -0.05) is 72.8 Å². The van der Waals surface area contributed by atoms with Crippen LogP contribution in [0.25, 0.3) is 22.4 Å². The molecule has 3 heteroatoms. The fraction of sp³-hybridized carbons (Fsp3) is 0.120. The highest BCUT2D eigenvalue weighted by Crippen LogP contribution is 2.36. The Morgan fingerprint density at radius 2 is 1.43 bits per heavy atom. The van der Waals surface area contributed by atoms with Crippen LogP contribution in [0.3, 0.4) is 0 Å². The van der Waals surface area contributed by atoms with Crippen molar-refractivity contribution >= 4 is 11.6 Å². The van der Waals surface area contributed by atoms with Gasteiger partial charge in [0.15, 0.2) is 0 Å². The molecule has 4 aromatic rings. The maximum atomic E-state index is 4.89. The molecule has 0 aliphatic carbocycles. The average molecular weight is 363 g/mol. The Kier molecular flexibility index (Phi) is 4.13. The molecule has 0 spiro atoms. The van der Waals surface area contributed by atoms with Crippen LogP contribution in [0.1, 0.15) is 12.5 Å². The molecule has 1 aliphatic heterocycles. The first kappa shape index (κ1) is 16.7. The zero-order valence-electron chi connectivity index (χ0n) is 15.8. The van der Waals surface area contributed by atoms with E-state index in [1.54, 1.807) is 0 Å². The number of para-hydroxylation sites is 1. The molecule has 136 valence electrons. The quantitative estimate of drug-likeness (QED) is 0.454. The Hall–Kier alpha value is -3.46. The molecule has 0 amide bonds. The van der Waals surface area contributed by atoms with Crippen LogP contribution in [0.4, 0.5) is 11.6 Å². The summed E-state index contributed by atoms with van der Waals surface area (Å²) in [6.45, 7) is 2.23. The SMILES string of the molecule is CC1Cc2ccccc2N1c1nccc(-c2ccc(-c3ccccc3)cc2)n1. The van der Waals surface area contributed by atoms with E-state index in [9.17, 15) is 0 Å². The molecule has 0 saturated carbocycles. The van der Waals surface area contributed by atoms with E-state index in [2.05, 4.69) is 89.6 Å². The van der Waals surface area contributed by atoms with Crippen LogP contribution < -0.4 is 4.90 Å².